The molecule has 2 amide bonds. The minimum absolute atomic E-state index is 0.236. The summed E-state index contributed by atoms with van der Waals surface area (Å²) < 4.78 is 11.5. The van der Waals surface area contributed by atoms with Crippen molar-refractivity contribution in [3.8, 4) is 11.5 Å². The van der Waals surface area contributed by atoms with Crippen LogP contribution in [0.25, 0.3) is 10.8 Å². The Labute approximate surface area is 163 Å². The molecule has 0 saturated carbocycles. The molecule has 0 unspecified atom stereocenters. The van der Waals surface area contributed by atoms with E-state index in [-0.39, 0.29) is 18.4 Å². The van der Waals surface area contributed by atoms with E-state index < -0.39 is 0 Å². The van der Waals surface area contributed by atoms with E-state index in [1.54, 1.807) is 24.3 Å². The Balaban J connectivity index is 1.89. The molecule has 3 aromatic rings. The maximum atomic E-state index is 13.2. The molecule has 0 radical (unpaired) electrons. The molecule has 0 aliphatic carbocycles. The Morgan fingerprint density at radius 3 is 1.75 bits per heavy atom. The van der Waals surface area contributed by atoms with E-state index in [1.807, 2.05) is 44.2 Å². The molecule has 1 aliphatic heterocycles. The van der Waals surface area contributed by atoms with Crippen molar-refractivity contribution in [2.45, 2.75) is 20.4 Å². The van der Waals surface area contributed by atoms with Crippen LogP contribution in [0.15, 0.2) is 54.6 Å². The second kappa shape index (κ2) is 7.35. The molecule has 142 valence electrons. The van der Waals surface area contributed by atoms with Gasteiger partial charge in [0, 0.05) is 16.5 Å². The molecule has 5 heteroatoms. The van der Waals surface area contributed by atoms with E-state index in [1.165, 1.54) is 4.90 Å². The van der Waals surface area contributed by atoms with Crippen LogP contribution in [0.4, 0.5) is 0 Å². The SMILES string of the molecule is CCOc1ccc2c3c(ccc(OCC)c13)C(=O)N(Cc1ccccc1)C2=O. The van der Waals surface area contributed by atoms with Crippen molar-refractivity contribution in [2.24, 2.45) is 0 Å². The molecule has 3 aromatic carbocycles. The van der Waals surface area contributed by atoms with Crippen molar-refractivity contribution >= 4 is 22.6 Å². The van der Waals surface area contributed by atoms with Crippen LogP contribution in [-0.4, -0.2) is 29.9 Å². The number of ether oxygens (including phenoxy) is 2. The average Bonchev–Trinajstić information content (AvgIpc) is 2.72. The Hall–Kier alpha value is -3.34. The summed E-state index contributed by atoms with van der Waals surface area (Å²) >= 11 is 0. The zero-order valence-corrected chi connectivity index (χ0v) is 15.9. The summed E-state index contributed by atoms with van der Waals surface area (Å²) in [6, 6.07) is 16.5. The third-order valence-corrected chi connectivity index (χ3v) is 4.82. The first-order valence-corrected chi connectivity index (χ1v) is 9.41. The molecule has 0 N–H and O–H groups in total. The summed E-state index contributed by atoms with van der Waals surface area (Å²) in [7, 11) is 0. The van der Waals surface area contributed by atoms with Gasteiger partial charge in [0.1, 0.15) is 11.5 Å². The molecular weight excluding hydrogens is 354 g/mol. The van der Waals surface area contributed by atoms with Crippen molar-refractivity contribution in [3.63, 3.8) is 0 Å². The molecule has 0 aromatic heterocycles. The molecule has 0 spiro atoms. The fourth-order valence-electron chi connectivity index (χ4n) is 3.63. The predicted molar refractivity (Wildman–Crippen MR) is 107 cm³/mol. The normalized spacial score (nSPS) is 13.1. The average molecular weight is 375 g/mol. The Kier molecular flexibility index (Phi) is 4.74. The van der Waals surface area contributed by atoms with E-state index in [2.05, 4.69) is 0 Å². The first-order chi connectivity index (χ1) is 13.7. The van der Waals surface area contributed by atoms with Crippen molar-refractivity contribution in [1.29, 1.82) is 0 Å². The van der Waals surface area contributed by atoms with Crippen LogP contribution < -0.4 is 9.47 Å². The number of nitrogens with zero attached hydrogens (tertiary/aromatic N) is 1. The number of amides is 2. The molecule has 1 heterocycles. The predicted octanol–water partition coefficient (Wildman–Crippen LogP) is 4.43. The standard InChI is InChI=1S/C23H21NO4/c1-3-27-18-12-10-16-20-17(11-13-19(21(18)20)28-4-2)23(26)24(22(16)25)14-15-8-6-5-7-9-15/h5-13H,3-4,14H2,1-2H3. The molecule has 0 saturated heterocycles. The second-order valence-corrected chi connectivity index (χ2v) is 6.52. The minimum atomic E-state index is -0.303. The van der Waals surface area contributed by atoms with Gasteiger partial charge in [0.15, 0.2) is 0 Å². The van der Waals surface area contributed by atoms with Gasteiger partial charge in [0.2, 0.25) is 0 Å². The highest BCUT2D eigenvalue weighted by Gasteiger charge is 2.34. The lowest BCUT2D eigenvalue weighted by atomic mass is 9.92. The summed E-state index contributed by atoms with van der Waals surface area (Å²) in [5.74, 6) is 0.624. The maximum Gasteiger partial charge on any atom is 0.261 e. The minimum Gasteiger partial charge on any atom is -0.493 e. The Morgan fingerprint density at radius 1 is 0.714 bits per heavy atom. The number of rotatable bonds is 6. The number of imide groups is 1. The Morgan fingerprint density at radius 2 is 1.25 bits per heavy atom. The summed E-state index contributed by atoms with van der Waals surface area (Å²) in [5, 5.41) is 1.29. The first kappa shape index (κ1) is 18.0. The molecule has 28 heavy (non-hydrogen) atoms. The third kappa shape index (κ3) is 2.89. The van der Waals surface area contributed by atoms with Crippen molar-refractivity contribution in [3.05, 3.63) is 71.3 Å². The first-order valence-electron chi connectivity index (χ1n) is 9.41. The number of hydrogen-bond acceptors (Lipinski definition) is 4. The largest absolute Gasteiger partial charge is 0.493 e. The van der Waals surface area contributed by atoms with E-state index >= 15 is 0 Å². The van der Waals surface area contributed by atoms with Crippen LogP contribution in [0.1, 0.15) is 40.1 Å². The summed E-state index contributed by atoms with van der Waals surface area (Å²) in [6.45, 7) is 4.99. The smallest absolute Gasteiger partial charge is 0.261 e. The van der Waals surface area contributed by atoms with E-state index in [0.29, 0.717) is 46.6 Å². The van der Waals surface area contributed by atoms with Gasteiger partial charge in [-0.15, -0.1) is 0 Å². The van der Waals surface area contributed by atoms with Crippen LogP contribution in [0.2, 0.25) is 0 Å². The summed E-state index contributed by atoms with van der Waals surface area (Å²) in [5.41, 5.74) is 1.89. The monoisotopic (exact) mass is 375 g/mol. The lowest BCUT2D eigenvalue weighted by Gasteiger charge is -2.28. The van der Waals surface area contributed by atoms with Gasteiger partial charge in [0.05, 0.1) is 25.1 Å². The summed E-state index contributed by atoms with van der Waals surface area (Å²) in [6.07, 6.45) is 0. The topological polar surface area (TPSA) is 55.8 Å². The molecule has 0 atom stereocenters. The van der Waals surface area contributed by atoms with Crippen molar-refractivity contribution < 1.29 is 19.1 Å². The number of benzene rings is 3. The Bertz CT molecular complexity index is 998. The zero-order valence-electron chi connectivity index (χ0n) is 15.9. The number of carbonyl (C=O) groups excluding carboxylic acids is 2. The third-order valence-electron chi connectivity index (χ3n) is 4.82. The van der Waals surface area contributed by atoms with Crippen molar-refractivity contribution in [2.75, 3.05) is 13.2 Å². The quantitative estimate of drug-likeness (QED) is 0.598. The van der Waals surface area contributed by atoms with Gasteiger partial charge in [-0.05, 0) is 43.7 Å². The van der Waals surface area contributed by atoms with Crippen LogP contribution >= 0.6 is 0 Å². The van der Waals surface area contributed by atoms with E-state index in [4.69, 9.17) is 9.47 Å². The highest BCUT2D eigenvalue weighted by atomic mass is 16.5. The van der Waals surface area contributed by atoms with Crippen molar-refractivity contribution in [1.82, 2.24) is 4.90 Å². The highest BCUT2D eigenvalue weighted by Crippen LogP contribution is 2.41. The molecule has 4 rings (SSSR count). The number of carbonyl (C=O) groups is 2. The number of hydrogen-bond donors (Lipinski definition) is 0. The van der Waals surface area contributed by atoms with Gasteiger partial charge in [-0.3, -0.25) is 14.5 Å². The van der Waals surface area contributed by atoms with Gasteiger partial charge in [-0.25, -0.2) is 0 Å². The van der Waals surface area contributed by atoms with Crippen LogP contribution in [0, 0.1) is 0 Å². The summed E-state index contributed by atoms with van der Waals surface area (Å²) in [4.78, 5) is 27.7. The van der Waals surface area contributed by atoms with Gasteiger partial charge >= 0.3 is 0 Å². The molecular formula is C23H21NO4. The molecule has 1 aliphatic rings. The van der Waals surface area contributed by atoms with Crippen LogP contribution in [-0.2, 0) is 6.54 Å². The fraction of sp³-hybridized carbons (Fsp3) is 0.217. The lowest BCUT2D eigenvalue weighted by molar-refractivity contribution is 0.0598. The molecule has 5 nitrogen and oxygen atoms in total. The van der Waals surface area contributed by atoms with Crippen LogP contribution in [0.3, 0.4) is 0 Å². The highest BCUT2D eigenvalue weighted by molar-refractivity contribution is 6.26. The second-order valence-electron chi connectivity index (χ2n) is 6.52. The zero-order chi connectivity index (χ0) is 19.7. The van der Waals surface area contributed by atoms with Gasteiger partial charge in [-0.1, -0.05) is 30.3 Å². The van der Waals surface area contributed by atoms with Gasteiger partial charge in [-0.2, -0.15) is 0 Å². The van der Waals surface area contributed by atoms with E-state index in [9.17, 15) is 9.59 Å². The molecule has 0 fully saturated rings. The molecule has 0 bridgehead atoms. The van der Waals surface area contributed by atoms with Crippen LogP contribution in [0.5, 0.6) is 11.5 Å². The maximum absolute atomic E-state index is 13.2. The van der Waals surface area contributed by atoms with E-state index in [0.717, 1.165) is 5.56 Å². The van der Waals surface area contributed by atoms with Gasteiger partial charge < -0.3 is 9.47 Å². The fourth-order valence-corrected chi connectivity index (χ4v) is 3.63. The lowest BCUT2D eigenvalue weighted by Crippen LogP contribution is -2.39. The van der Waals surface area contributed by atoms with Gasteiger partial charge in [0.25, 0.3) is 11.8 Å².